The molecule has 0 amide bonds. The average molecular weight is 495 g/mol. The molecule has 0 saturated heterocycles. The molecule has 4 rings (SSSR count). The Bertz CT molecular complexity index is 1240. The highest BCUT2D eigenvalue weighted by atomic mass is 16.3. The quantitative estimate of drug-likeness (QED) is 0.198. The van der Waals surface area contributed by atoms with Gasteiger partial charge in [0, 0.05) is 28.6 Å². The predicted octanol–water partition coefficient (Wildman–Crippen LogP) is 6.20. The third kappa shape index (κ3) is 6.22. The maximum Gasteiger partial charge on any atom is 0.0650 e. The third-order valence-electron chi connectivity index (χ3n) is 7.54. The Morgan fingerprint density at radius 3 is 1.51 bits per heavy atom. The van der Waals surface area contributed by atoms with Gasteiger partial charge in [0.1, 0.15) is 0 Å². The zero-order valence-electron chi connectivity index (χ0n) is 21.7. The molecule has 0 aliphatic heterocycles. The maximum atomic E-state index is 12.0. The summed E-state index contributed by atoms with van der Waals surface area (Å²) >= 11 is 0. The molecule has 4 heteroatoms. The molecule has 0 heterocycles. The van der Waals surface area contributed by atoms with Gasteiger partial charge in [0.15, 0.2) is 0 Å². The fourth-order valence-corrected chi connectivity index (χ4v) is 5.32. The van der Waals surface area contributed by atoms with Gasteiger partial charge in [-0.2, -0.15) is 0 Å². The molecule has 4 unspecified atom stereocenters. The number of hydrogen-bond donors (Lipinski definition) is 4. The Balaban J connectivity index is 1.88. The van der Waals surface area contributed by atoms with Crippen LogP contribution in [0.4, 0.5) is 11.4 Å². The fourth-order valence-electron chi connectivity index (χ4n) is 5.32. The lowest BCUT2D eigenvalue weighted by Gasteiger charge is -2.41. The van der Waals surface area contributed by atoms with Gasteiger partial charge < -0.3 is 21.7 Å². The van der Waals surface area contributed by atoms with Crippen LogP contribution < -0.4 is 11.5 Å². The van der Waals surface area contributed by atoms with E-state index in [-0.39, 0.29) is 24.4 Å². The molecule has 4 aromatic rings. The second kappa shape index (κ2) is 11.6. The van der Waals surface area contributed by atoms with Crippen molar-refractivity contribution >= 4 is 11.4 Å². The predicted molar refractivity (Wildman–Crippen MR) is 153 cm³/mol. The number of anilines is 2. The fraction of sp³-hybridized carbons (Fsp3) is 0.273. The smallest absolute Gasteiger partial charge is 0.0650 e. The lowest BCUT2D eigenvalue weighted by atomic mass is 9.66. The van der Waals surface area contributed by atoms with Gasteiger partial charge in [0.2, 0.25) is 0 Å². The van der Waals surface area contributed by atoms with E-state index in [4.69, 9.17) is 11.5 Å². The number of benzene rings is 4. The Morgan fingerprint density at radius 2 is 1.03 bits per heavy atom. The van der Waals surface area contributed by atoms with Crippen molar-refractivity contribution < 1.29 is 10.2 Å². The minimum absolute atomic E-state index is 0.0240. The van der Waals surface area contributed by atoms with E-state index < -0.39 is 11.5 Å². The van der Waals surface area contributed by atoms with Crippen LogP contribution in [0.1, 0.15) is 54.4 Å². The van der Waals surface area contributed by atoms with Crippen molar-refractivity contribution in [1.82, 2.24) is 0 Å². The van der Waals surface area contributed by atoms with E-state index in [2.05, 4.69) is 60.7 Å². The molecule has 37 heavy (non-hydrogen) atoms. The summed E-state index contributed by atoms with van der Waals surface area (Å²) in [5.74, 6) is -0.297. The Hall–Kier alpha value is -3.60. The van der Waals surface area contributed by atoms with Crippen molar-refractivity contribution in [1.29, 1.82) is 0 Å². The lowest BCUT2D eigenvalue weighted by Crippen LogP contribution is -2.42. The first-order valence-electron chi connectivity index (χ1n) is 12.9. The van der Waals surface area contributed by atoms with Gasteiger partial charge in [0.25, 0.3) is 0 Å². The molecule has 4 atom stereocenters. The summed E-state index contributed by atoms with van der Waals surface area (Å²) in [5, 5.41) is 22.2. The van der Waals surface area contributed by atoms with Crippen LogP contribution in [0.3, 0.4) is 0 Å². The van der Waals surface area contributed by atoms with E-state index in [1.807, 2.05) is 62.4 Å². The van der Waals surface area contributed by atoms with Gasteiger partial charge in [0.05, 0.1) is 12.7 Å². The molecule has 0 aliphatic carbocycles. The number of nitrogens with two attached hydrogens (primary N) is 2. The normalized spacial score (nSPS) is 15.0. The maximum absolute atomic E-state index is 12.0. The van der Waals surface area contributed by atoms with E-state index in [0.29, 0.717) is 12.1 Å². The average Bonchev–Trinajstić information content (AvgIpc) is 2.93. The summed E-state index contributed by atoms with van der Waals surface area (Å²) in [6, 6.07) is 36.7. The zero-order valence-corrected chi connectivity index (χ0v) is 21.7. The summed E-state index contributed by atoms with van der Waals surface area (Å²) in [4.78, 5) is 0. The standard InChI is InChI=1S/C33H38N2O2/c1-33(2,22-36)32(37)30(31(25-11-7-4-8-12-25)26-15-19-28(35)20-16-26)21-29(23-9-5-3-6-10-23)24-13-17-27(34)18-14-24/h3-20,29-32,36-37H,21-22,34-35H2,1-2H3. The molecule has 192 valence electrons. The lowest BCUT2D eigenvalue weighted by molar-refractivity contribution is -0.0376. The van der Waals surface area contributed by atoms with Gasteiger partial charge in [-0.25, -0.2) is 0 Å². The molecule has 4 aromatic carbocycles. The summed E-state index contributed by atoms with van der Waals surface area (Å²) in [7, 11) is 0. The number of nitrogen functional groups attached to an aromatic ring is 2. The van der Waals surface area contributed by atoms with Crippen LogP contribution in [0.5, 0.6) is 0 Å². The van der Waals surface area contributed by atoms with E-state index >= 15 is 0 Å². The van der Waals surface area contributed by atoms with Crippen molar-refractivity contribution in [3.8, 4) is 0 Å². The molecule has 0 fully saturated rings. The molecule has 0 saturated carbocycles. The second-order valence-corrected chi connectivity index (χ2v) is 10.7. The van der Waals surface area contributed by atoms with Gasteiger partial charge in [-0.15, -0.1) is 0 Å². The van der Waals surface area contributed by atoms with E-state index in [1.54, 1.807) is 0 Å². The van der Waals surface area contributed by atoms with Crippen LogP contribution in [0.15, 0.2) is 109 Å². The summed E-state index contributed by atoms with van der Waals surface area (Å²) in [6.07, 6.45) is -0.108. The van der Waals surface area contributed by atoms with Crippen molar-refractivity contribution in [2.45, 2.75) is 38.2 Å². The van der Waals surface area contributed by atoms with Crippen molar-refractivity contribution in [2.75, 3.05) is 18.1 Å². The minimum Gasteiger partial charge on any atom is -0.399 e. The van der Waals surface area contributed by atoms with Crippen LogP contribution in [0, 0.1) is 11.3 Å². The largest absolute Gasteiger partial charge is 0.399 e. The van der Waals surface area contributed by atoms with E-state index in [9.17, 15) is 10.2 Å². The first-order chi connectivity index (χ1) is 17.8. The monoisotopic (exact) mass is 494 g/mol. The molecule has 4 nitrogen and oxygen atoms in total. The molecule has 0 aromatic heterocycles. The molecule has 0 bridgehead atoms. The third-order valence-corrected chi connectivity index (χ3v) is 7.54. The SMILES string of the molecule is CC(C)(CO)C(O)C(CC(c1ccccc1)c1ccc(N)cc1)C(c1ccccc1)c1ccc(N)cc1. The van der Waals surface area contributed by atoms with Gasteiger partial charge in [-0.3, -0.25) is 0 Å². The highest BCUT2D eigenvalue weighted by Crippen LogP contribution is 2.45. The summed E-state index contributed by atoms with van der Waals surface area (Å²) in [5.41, 5.74) is 17.3. The number of aliphatic hydroxyl groups is 2. The Kier molecular flexibility index (Phi) is 8.32. The van der Waals surface area contributed by atoms with Crippen LogP contribution in [0.2, 0.25) is 0 Å². The Morgan fingerprint density at radius 1 is 0.622 bits per heavy atom. The number of hydrogen-bond acceptors (Lipinski definition) is 4. The molecular formula is C33H38N2O2. The van der Waals surface area contributed by atoms with Crippen molar-refractivity contribution in [3.05, 3.63) is 131 Å². The van der Waals surface area contributed by atoms with Gasteiger partial charge in [-0.1, -0.05) is 98.8 Å². The van der Waals surface area contributed by atoms with Gasteiger partial charge >= 0.3 is 0 Å². The van der Waals surface area contributed by atoms with Crippen LogP contribution in [0.25, 0.3) is 0 Å². The molecule has 0 radical (unpaired) electrons. The number of rotatable bonds is 10. The highest BCUT2D eigenvalue weighted by Gasteiger charge is 2.40. The van der Waals surface area contributed by atoms with Crippen molar-refractivity contribution in [2.24, 2.45) is 11.3 Å². The summed E-state index contributed by atoms with van der Waals surface area (Å²) < 4.78 is 0. The molecule has 6 N–H and O–H groups in total. The minimum atomic E-state index is -0.778. The topological polar surface area (TPSA) is 92.5 Å². The van der Waals surface area contributed by atoms with E-state index in [0.717, 1.165) is 22.4 Å². The van der Waals surface area contributed by atoms with Gasteiger partial charge in [-0.05, 0) is 58.9 Å². The molecule has 0 spiro atoms. The first-order valence-corrected chi connectivity index (χ1v) is 12.9. The van der Waals surface area contributed by atoms with Crippen LogP contribution in [-0.2, 0) is 0 Å². The Labute approximate surface area is 220 Å². The zero-order chi connectivity index (χ0) is 26.4. The molecular weight excluding hydrogens is 456 g/mol. The van der Waals surface area contributed by atoms with Crippen LogP contribution in [-0.4, -0.2) is 22.9 Å². The van der Waals surface area contributed by atoms with Crippen LogP contribution >= 0.6 is 0 Å². The highest BCUT2D eigenvalue weighted by molar-refractivity contribution is 5.45. The number of aliphatic hydroxyl groups excluding tert-OH is 2. The van der Waals surface area contributed by atoms with Crippen molar-refractivity contribution in [3.63, 3.8) is 0 Å². The molecule has 0 aliphatic rings. The second-order valence-electron chi connectivity index (χ2n) is 10.7. The summed E-state index contributed by atoms with van der Waals surface area (Å²) in [6.45, 7) is 3.73. The first kappa shape index (κ1) is 26.5. The van der Waals surface area contributed by atoms with E-state index in [1.165, 1.54) is 5.56 Å².